The van der Waals surface area contributed by atoms with E-state index in [0.717, 1.165) is 11.1 Å². The third kappa shape index (κ3) is 4.61. The van der Waals surface area contributed by atoms with Crippen LogP contribution >= 0.6 is 23.2 Å². The summed E-state index contributed by atoms with van der Waals surface area (Å²) in [6.07, 6.45) is 0.636. The molecular weight excluding hydrogens is 401 g/mol. The van der Waals surface area contributed by atoms with E-state index in [1.54, 1.807) is 44.6 Å². The number of furan rings is 1. The molecule has 0 atom stereocenters. The molecule has 0 fully saturated rings. The number of hydrogen-bond donors (Lipinski definition) is 1. The lowest BCUT2D eigenvalue weighted by Crippen LogP contribution is -2.25. The van der Waals surface area contributed by atoms with Crippen molar-refractivity contribution in [1.29, 1.82) is 0 Å². The molecule has 0 aliphatic heterocycles. The third-order valence-electron chi connectivity index (χ3n) is 4.18. The molecule has 2 aromatic carbocycles. The molecule has 5 nitrogen and oxygen atoms in total. The minimum absolute atomic E-state index is 0.231. The zero-order valence-electron chi connectivity index (χ0n) is 15.4. The molecule has 1 heterocycles. The van der Waals surface area contributed by atoms with Crippen LogP contribution in [-0.4, -0.2) is 26.7 Å². The van der Waals surface area contributed by atoms with E-state index in [9.17, 15) is 4.79 Å². The number of carbonyl (C=O) groups is 1. The van der Waals surface area contributed by atoms with Crippen molar-refractivity contribution in [2.24, 2.45) is 0 Å². The van der Waals surface area contributed by atoms with Gasteiger partial charge in [-0.15, -0.1) is 0 Å². The van der Waals surface area contributed by atoms with E-state index in [0.29, 0.717) is 40.3 Å². The Morgan fingerprint density at radius 1 is 0.964 bits per heavy atom. The van der Waals surface area contributed by atoms with Gasteiger partial charge in [-0.1, -0.05) is 29.3 Å². The topological polar surface area (TPSA) is 60.7 Å². The fraction of sp³-hybridized carbons (Fsp3) is 0.190. The lowest BCUT2D eigenvalue weighted by Gasteiger charge is -2.07. The van der Waals surface area contributed by atoms with Crippen LogP contribution in [0.25, 0.3) is 11.3 Å². The summed E-state index contributed by atoms with van der Waals surface area (Å²) in [5.74, 6) is 1.70. The van der Waals surface area contributed by atoms with E-state index in [-0.39, 0.29) is 11.7 Å². The van der Waals surface area contributed by atoms with Crippen LogP contribution in [-0.2, 0) is 6.42 Å². The lowest BCUT2D eigenvalue weighted by atomic mass is 10.1. The van der Waals surface area contributed by atoms with Crippen molar-refractivity contribution >= 4 is 29.1 Å². The average Bonchev–Trinajstić information content (AvgIpc) is 3.18. The molecule has 3 aromatic rings. The Kier molecular flexibility index (Phi) is 6.49. The highest BCUT2D eigenvalue weighted by molar-refractivity contribution is 6.32. The number of halogens is 2. The molecule has 0 aliphatic rings. The van der Waals surface area contributed by atoms with Gasteiger partial charge in [0, 0.05) is 12.1 Å². The zero-order chi connectivity index (χ0) is 20.1. The van der Waals surface area contributed by atoms with Crippen molar-refractivity contribution in [3.8, 4) is 22.8 Å². The number of rotatable bonds is 7. The summed E-state index contributed by atoms with van der Waals surface area (Å²) in [6.45, 7) is 0.450. The maximum Gasteiger partial charge on any atom is 0.287 e. The summed E-state index contributed by atoms with van der Waals surface area (Å²) in [5, 5.41) is 3.85. The predicted molar refractivity (Wildman–Crippen MR) is 110 cm³/mol. The highest BCUT2D eigenvalue weighted by atomic mass is 35.5. The highest BCUT2D eigenvalue weighted by Crippen LogP contribution is 2.31. The average molecular weight is 420 g/mol. The van der Waals surface area contributed by atoms with Crippen LogP contribution in [0.5, 0.6) is 11.5 Å². The number of hydrogen-bond acceptors (Lipinski definition) is 4. The molecule has 1 N–H and O–H groups in total. The molecule has 0 aliphatic carbocycles. The number of benzene rings is 2. The highest BCUT2D eigenvalue weighted by Gasteiger charge is 2.13. The Labute approximate surface area is 173 Å². The Balaban J connectivity index is 1.60. The van der Waals surface area contributed by atoms with E-state index in [2.05, 4.69) is 5.32 Å². The molecule has 3 rings (SSSR count). The largest absolute Gasteiger partial charge is 0.495 e. The van der Waals surface area contributed by atoms with Gasteiger partial charge in [-0.25, -0.2) is 0 Å². The van der Waals surface area contributed by atoms with Gasteiger partial charge in [0.2, 0.25) is 0 Å². The van der Waals surface area contributed by atoms with E-state index in [1.807, 2.05) is 18.2 Å². The van der Waals surface area contributed by atoms with Crippen molar-refractivity contribution in [3.63, 3.8) is 0 Å². The number of carbonyl (C=O) groups excluding carboxylic acids is 1. The first-order valence-corrected chi connectivity index (χ1v) is 9.31. The van der Waals surface area contributed by atoms with Gasteiger partial charge in [0.25, 0.3) is 5.91 Å². The zero-order valence-corrected chi connectivity index (χ0v) is 16.9. The maximum absolute atomic E-state index is 12.3. The molecule has 0 saturated heterocycles. The normalized spacial score (nSPS) is 10.6. The molecule has 0 bridgehead atoms. The molecule has 0 radical (unpaired) electrons. The SMILES string of the molecule is COc1ccc(CCNC(=O)c2ccc(-c3ccc(OC)c(Cl)c3)o2)cc1Cl. The van der Waals surface area contributed by atoms with Gasteiger partial charge >= 0.3 is 0 Å². The number of amides is 1. The molecular formula is C21H19Cl2NO4. The minimum Gasteiger partial charge on any atom is -0.495 e. The molecule has 0 unspecified atom stereocenters. The van der Waals surface area contributed by atoms with Crippen LogP contribution in [0.15, 0.2) is 52.9 Å². The third-order valence-corrected chi connectivity index (χ3v) is 4.77. The van der Waals surface area contributed by atoms with E-state index >= 15 is 0 Å². The van der Waals surface area contributed by atoms with Crippen molar-refractivity contribution in [2.75, 3.05) is 20.8 Å². The molecule has 28 heavy (non-hydrogen) atoms. The molecule has 0 saturated carbocycles. The van der Waals surface area contributed by atoms with Crippen LogP contribution in [0.2, 0.25) is 10.0 Å². The first-order chi connectivity index (χ1) is 13.5. The van der Waals surface area contributed by atoms with Crippen molar-refractivity contribution in [2.45, 2.75) is 6.42 Å². The molecule has 0 spiro atoms. The first kappa shape index (κ1) is 20.1. The summed E-state index contributed by atoms with van der Waals surface area (Å²) in [4.78, 5) is 12.3. The molecule has 1 aromatic heterocycles. The smallest absolute Gasteiger partial charge is 0.287 e. The molecule has 7 heteroatoms. The standard InChI is InChI=1S/C21H19Cl2NO4/c1-26-18-5-3-13(11-15(18)22)9-10-24-21(25)20-8-7-17(28-20)14-4-6-19(27-2)16(23)12-14/h3-8,11-12H,9-10H2,1-2H3,(H,24,25). The Morgan fingerprint density at radius 2 is 1.64 bits per heavy atom. The van der Waals surface area contributed by atoms with Crippen LogP contribution in [0.3, 0.4) is 0 Å². The molecule has 146 valence electrons. The van der Waals surface area contributed by atoms with Crippen molar-refractivity contribution < 1.29 is 18.7 Å². The van der Waals surface area contributed by atoms with Crippen LogP contribution < -0.4 is 14.8 Å². The number of ether oxygens (including phenoxy) is 2. The van der Waals surface area contributed by atoms with Gasteiger partial charge in [0.1, 0.15) is 17.3 Å². The maximum atomic E-state index is 12.3. The van der Waals surface area contributed by atoms with Gasteiger partial charge in [0.05, 0.1) is 24.3 Å². The number of nitrogens with one attached hydrogen (secondary N) is 1. The lowest BCUT2D eigenvalue weighted by molar-refractivity contribution is 0.0927. The Bertz CT molecular complexity index is 984. The summed E-state index contributed by atoms with van der Waals surface area (Å²) in [6, 6.07) is 14.2. The Morgan fingerprint density at radius 3 is 2.29 bits per heavy atom. The van der Waals surface area contributed by atoms with Crippen molar-refractivity contribution in [3.05, 3.63) is 69.9 Å². The van der Waals surface area contributed by atoms with Gasteiger partial charge in [0.15, 0.2) is 5.76 Å². The van der Waals surface area contributed by atoms with Gasteiger partial charge in [-0.2, -0.15) is 0 Å². The fourth-order valence-corrected chi connectivity index (χ4v) is 3.25. The van der Waals surface area contributed by atoms with Crippen LogP contribution in [0.4, 0.5) is 0 Å². The predicted octanol–water partition coefficient (Wildman–Crippen LogP) is 5.24. The summed E-state index contributed by atoms with van der Waals surface area (Å²) in [7, 11) is 3.12. The van der Waals surface area contributed by atoms with E-state index in [4.69, 9.17) is 37.1 Å². The quantitative estimate of drug-likeness (QED) is 0.568. The Hall–Kier alpha value is -2.63. The van der Waals surface area contributed by atoms with Crippen molar-refractivity contribution in [1.82, 2.24) is 5.32 Å². The monoisotopic (exact) mass is 419 g/mol. The second-order valence-electron chi connectivity index (χ2n) is 5.99. The minimum atomic E-state index is -0.287. The summed E-state index contributed by atoms with van der Waals surface area (Å²) in [5.41, 5.74) is 1.76. The van der Waals surface area contributed by atoms with Gasteiger partial charge in [-0.05, 0) is 54.4 Å². The summed E-state index contributed by atoms with van der Waals surface area (Å²) < 4.78 is 15.9. The van der Waals surface area contributed by atoms with E-state index in [1.165, 1.54) is 0 Å². The van der Waals surface area contributed by atoms with E-state index < -0.39 is 0 Å². The van der Waals surface area contributed by atoms with Crippen LogP contribution in [0.1, 0.15) is 16.1 Å². The fourth-order valence-electron chi connectivity index (χ4n) is 2.71. The number of methoxy groups -OCH3 is 2. The second kappa shape index (κ2) is 9.04. The second-order valence-corrected chi connectivity index (χ2v) is 6.80. The van der Waals surface area contributed by atoms with Crippen LogP contribution in [0, 0.1) is 0 Å². The molecule has 1 amide bonds. The first-order valence-electron chi connectivity index (χ1n) is 8.56. The van der Waals surface area contributed by atoms with Gasteiger partial charge < -0.3 is 19.2 Å². The van der Waals surface area contributed by atoms with Gasteiger partial charge in [-0.3, -0.25) is 4.79 Å². The summed E-state index contributed by atoms with van der Waals surface area (Å²) >= 11 is 12.3.